The molecule has 0 saturated carbocycles. The highest BCUT2D eigenvalue weighted by Gasteiger charge is 2.14. The van der Waals surface area contributed by atoms with E-state index in [0.717, 1.165) is 36.8 Å². The standard InChI is InChI=1S/C17H9ClN4S2/c18-11-7-5-10(6-8-11)13-9-22-17(20-13)24-16(21-22)15-19-12-3-1-2-4-14(12)23-15/h1-9H. The molecule has 0 bridgehead atoms. The van der Waals surface area contributed by atoms with Crippen molar-refractivity contribution in [3.63, 3.8) is 0 Å². The van der Waals surface area contributed by atoms with Crippen LogP contribution in [0, 0.1) is 0 Å². The fraction of sp³-hybridized carbons (Fsp3) is 0. The molecule has 0 radical (unpaired) electrons. The second-order valence-corrected chi connectivity index (χ2v) is 7.68. The van der Waals surface area contributed by atoms with E-state index in [1.807, 2.05) is 53.2 Å². The molecule has 4 nitrogen and oxygen atoms in total. The Labute approximate surface area is 150 Å². The zero-order valence-electron chi connectivity index (χ0n) is 12.2. The van der Waals surface area contributed by atoms with Crippen LogP contribution in [-0.4, -0.2) is 19.6 Å². The molecular formula is C17H9ClN4S2. The maximum Gasteiger partial charge on any atom is 0.213 e. The summed E-state index contributed by atoms with van der Waals surface area (Å²) in [5, 5.41) is 7.18. The van der Waals surface area contributed by atoms with Gasteiger partial charge in [-0.15, -0.1) is 11.3 Å². The van der Waals surface area contributed by atoms with Gasteiger partial charge in [0.1, 0.15) is 0 Å². The molecule has 5 aromatic rings. The van der Waals surface area contributed by atoms with Crippen molar-refractivity contribution in [3.05, 3.63) is 59.8 Å². The molecule has 0 aliphatic heterocycles. The van der Waals surface area contributed by atoms with Crippen LogP contribution in [-0.2, 0) is 0 Å². The molecule has 0 unspecified atom stereocenters. The van der Waals surface area contributed by atoms with Crippen molar-refractivity contribution >= 4 is 49.5 Å². The Bertz CT molecular complexity index is 1110. The van der Waals surface area contributed by atoms with E-state index >= 15 is 0 Å². The predicted octanol–water partition coefficient (Wildman–Crippen LogP) is 5.39. The molecular weight excluding hydrogens is 360 g/mol. The largest absolute Gasteiger partial charge is 0.233 e. The van der Waals surface area contributed by atoms with Crippen molar-refractivity contribution in [1.29, 1.82) is 0 Å². The zero-order valence-corrected chi connectivity index (χ0v) is 14.6. The highest BCUT2D eigenvalue weighted by Crippen LogP contribution is 2.33. The molecule has 0 aliphatic rings. The SMILES string of the molecule is Clc1ccc(-c2cn3nc(-c4nc5ccccc5s4)sc3n2)cc1. The summed E-state index contributed by atoms with van der Waals surface area (Å²) in [7, 11) is 0. The summed E-state index contributed by atoms with van der Waals surface area (Å²) in [6, 6.07) is 15.8. The van der Waals surface area contributed by atoms with Gasteiger partial charge in [0.05, 0.1) is 22.1 Å². The van der Waals surface area contributed by atoms with Gasteiger partial charge >= 0.3 is 0 Å². The van der Waals surface area contributed by atoms with Gasteiger partial charge in [0.2, 0.25) is 4.96 Å². The quantitative estimate of drug-likeness (QED) is 0.419. The van der Waals surface area contributed by atoms with Crippen LogP contribution < -0.4 is 0 Å². The first-order valence-electron chi connectivity index (χ1n) is 7.24. The lowest BCUT2D eigenvalue weighted by Crippen LogP contribution is -1.82. The van der Waals surface area contributed by atoms with Crippen LogP contribution in [0.1, 0.15) is 0 Å². The summed E-state index contributed by atoms with van der Waals surface area (Å²) in [5.74, 6) is 0. The van der Waals surface area contributed by atoms with Crippen molar-refractivity contribution in [2.45, 2.75) is 0 Å². The average Bonchev–Trinajstić information content (AvgIpc) is 3.27. The monoisotopic (exact) mass is 368 g/mol. The molecule has 0 atom stereocenters. The number of para-hydroxylation sites is 1. The molecule has 3 aromatic heterocycles. The summed E-state index contributed by atoms with van der Waals surface area (Å²) < 4.78 is 2.98. The van der Waals surface area contributed by atoms with Crippen LogP contribution in [0.15, 0.2) is 54.7 Å². The second kappa shape index (κ2) is 5.37. The first kappa shape index (κ1) is 14.1. The van der Waals surface area contributed by atoms with Crippen molar-refractivity contribution in [2.24, 2.45) is 0 Å². The molecule has 3 heterocycles. The number of aromatic nitrogens is 4. The van der Waals surface area contributed by atoms with Gasteiger partial charge < -0.3 is 0 Å². The number of fused-ring (bicyclic) bond motifs is 2. The van der Waals surface area contributed by atoms with E-state index < -0.39 is 0 Å². The highest BCUT2D eigenvalue weighted by molar-refractivity contribution is 7.26. The minimum Gasteiger partial charge on any atom is -0.233 e. The van der Waals surface area contributed by atoms with Crippen LogP contribution in [0.5, 0.6) is 0 Å². The number of benzene rings is 2. The Morgan fingerprint density at radius 2 is 1.71 bits per heavy atom. The third-order valence-electron chi connectivity index (χ3n) is 3.66. The van der Waals surface area contributed by atoms with Crippen LogP contribution in [0.25, 0.3) is 36.5 Å². The maximum absolute atomic E-state index is 5.94. The van der Waals surface area contributed by atoms with Crippen LogP contribution in [0.2, 0.25) is 5.02 Å². The van der Waals surface area contributed by atoms with E-state index in [1.54, 1.807) is 22.7 Å². The van der Waals surface area contributed by atoms with E-state index in [4.69, 9.17) is 11.6 Å². The summed E-state index contributed by atoms with van der Waals surface area (Å²) in [4.78, 5) is 10.2. The van der Waals surface area contributed by atoms with Gasteiger partial charge in [-0.2, -0.15) is 5.10 Å². The first-order chi connectivity index (χ1) is 11.8. The lowest BCUT2D eigenvalue weighted by molar-refractivity contribution is 0.978. The van der Waals surface area contributed by atoms with Crippen LogP contribution >= 0.6 is 34.3 Å². The second-order valence-electron chi connectivity index (χ2n) is 5.25. The molecule has 0 amide bonds. The Hall–Kier alpha value is -2.28. The zero-order chi connectivity index (χ0) is 16.1. The van der Waals surface area contributed by atoms with E-state index in [2.05, 4.69) is 21.1 Å². The lowest BCUT2D eigenvalue weighted by atomic mass is 10.2. The van der Waals surface area contributed by atoms with Crippen LogP contribution in [0.4, 0.5) is 0 Å². The molecule has 5 rings (SSSR count). The van der Waals surface area contributed by atoms with Gasteiger partial charge in [-0.3, -0.25) is 0 Å². The number of hydrogen-bond acceptors (Lipinski definition) is 5. The number of thiazole rings is 1. The fourth-order valence-corrected chi connectivity index (χ4v) is 4.50. The smallest absolute Gasteiger partial charge is 0.213 e. The van der Waals surface area contributed by atoms with Gasteiger partial charge in [-0.05, 0) is 24.3 Å². The topological polar surface area (TPSA) is 43.1 Å². The van der Waals surface area contributed by atoms with Gasteiger partial charge in [0.25, 0.3) is 0 Å². The van der Waals surface area contributed by atoms with Gasteiger partial charge in [-0.1, -0.05) is 47.2 Å². The Morgan fingerprint density at radius 3 is 2.50 bits per heavy atom. The van der Waals surface area contributed by atoms with Crippen molar-refractivity contribution in [3.8, 4) is 21.3 Å². The van der Waals surface area contributed by atoms with E-state index in [1.165, 1.54) is 4.70 Å². The molecule has 24 heavy (non-hydrogen) atoms. The highest BCUT2D eigenvalue weighted by atomic mass is 35.5. The van der Waals surface area contributed by atoms with E-state index in [9.17, 15) is 0 Å². The molecule has 0 spiro atoms. The number of hydrogen-bond donors (Lipinski definition) is 0. The van der Waals surface area contributed by atoms with Gasteiger partial charge in [-0.25, -0.2) is 14.5 Å². The number of imidazole rings is 1. The minimum absolute atomic E-state index is 0.719. The third kappa shape index (κ3) is 2.31. The van der Waals surface area contributed by atoms with E-state index in [-0.39, 0.29) is 0 Å². The summed E-state index contributed by atoms with van der Waals surface area (Å²) in [5.41, 5.74) is 2.92. The normalized spacial score (nSPS) is 11.5. The van der Waals surface area contributed by atoms with Crippen LogP contribution in [0.3, 0.4) is 0 Å². The molecule has 0 saturated heterocycles. The first-order valence-corrected chi connectivity index (χ1v) is 9.25. The Kier molecular flexibility index (Phi) is 3.16. The lowest BCUT2D eigenvalue weighted by Gasteiger charge is -1.95. The third-order valence-corrected chi connectivity index (χ3v) is 6.01. The maximum atomic E-state index is 5.94. The fourth-order valence-electron chi connectivity index (χ4n) is 2.51. The Morgan fingerprint density at radius 1 is 0.875 bits per heavy atom. The molecule has 116 valence electrons. The number of rotatable bonds is 2. The average molecular weight is 369 g/mol. The van der Waals surface area contributed by atoms with E-state index in [0.29, 0.717) is 0 Å². The minimum atomic E-state index is 0.719. The van der Waals surface area contributed by atoms with Crippen molar-refractivity contribution in [2.75, 3.05) is 0 Å². The number of nitrogens with zero attached hydrogens (tertiary/aromatic N) is 4. The van der Waals surface area contributed by atoms with Crippen molar-refractivity contribution < 1.29 is 0 Å². The van der Waals surface area contributed by atoms with Gasteiger partial charge in [0, 0.05) is 10.6 Å². The molecule has 0 N–H and O–H groups in total. The predicted molar refractivity (Wildman–Crippen MR) is 99.9 cm³/mol. The molecule has 0 fully saturated rings. The summed E-state index contributed by atoms with van der Waals surface area (Å²) >= 11 is 9.14. The molecule has 7 heteroatoms. The van der Waals surface area contributed by atoms with Crippen molar-refractivity contribution in [1.82, 2.24) is 19.6 Å². The molecule has 0 aliphatic carbocycles. The summed E-state index contributed by atoms with van der Waals surface area (Å²) in [6.07, 6.45) is 1.94. The number of halogens is 1. The molecule has 2 aromatic carbocycles. The van der Waals surface area contributed by atoms with Gasteiger partial charge in [0.15, 0.2) is 10.0 Å². The Balaban J connectivity index is 1.57. The summed E-state index contributed by atoms with van der Waals surface area (Å²) in [6.45, 7) is 0.